The van der Waals surface area contributed by atoms with Crippen LogP contribution in [0.1, 0.15) is 47.0 Å². The summed E-state index contributed by atoms with van der Waals surface area (Å²) in [5, 5.41) is 12.7. The third kappa shape index (κ3) is 3.42. The Morgan fingerprint density at radius 1 is 1.21 bits per heavy atom. The predicted octanol–water partition coefficient (Wildman–Crippen LogP) is 2.84. The first kappa shape index (κ1) is 18.7. The molecule has 1 N–H and O–H groups in total. The molecule has 3 heterocycles. The number of nitrogens with zero attached hydrogens (tertiary/aromatic N) is 4. The summed E-state index contributed by atoms with van der Waals surface area (Å²) in [5.41, 5.74) is 2.73. The first-order valence-corrected chi connectivity index (χ1v) is 9.96. The van der Waals surface area contributed by atoms with Crippen LogP contribution in [0.15, 0.2) is 24.3 Å². The maximum absolute atomic E-state index is 13.1. The molecule has 0 saturated heterocycles. The highest BCUT2D eigenvalue weighted by atomic mass is 16.5. The number of hydrogen-bond acceptors (Lipinski definition) is 4. The number of ether oxygens (including phenoxy) is 1. The molecule has 7 heteroatoms. The molecule has 0 saturated carbocycles. The molecule has 0 aliphatic carbocycles. The summed E-state index contributed by atoms with van der Waals surface area (Å²) in [4.78, 5) is 13.1. The highest BCUT2D eigenvalue weighted by molar-refractivity contribution is 6.08. The van der Waals surface area contributed by atoms with Crippen LogP contribution in [-0.2, 0) is 30.8 Å². The number of nitrogens with one attached hydrogen (secondary N) is 1. The molecule has 0 atom stereocenters. The average molecular weight is 381 g/mol. The fourth-order valence-electron chi connectivity index (χ4n) is 4.11. The van der Waals surface area contributed by atoms with Crippen LogP contribution in [0.25, 0.3) is 10.9 Å². The van der Waals surface area contributed by atoms with Crippen molar-refractivity contribution in [1.82, 2.24) is 24.6 Å². The molecule has 0 fully saturated rings. The van der Waals surface area contributed by atoms with Crippen LogP contribution in [0.4, 0.5) is 0 Å². The summed E-state index contributed by atoms with van der Waals surface area (Å²) in [5.74, 6) is 1.80. The second kappa shape index (κ2) is 8.14. The van der Waals surface area contributed by atoms with Gasteiger partial charge in [-0.05, 0) is 25.8 Å². The second-order valence-electron chi connectivity index (χ2n) is 7.30. The van der Waals surface area contributed by atoms with Gasteiger partial charge < -0.3 is 19.2 Å². The van der Waals surface area contributed by atoms with E-state index in [1.807, 2.05) is 31.2 Å². The van der Waals surface area contributed by atoms with Crippen molar-refractivity contribution in [3.8, 4) is 0 Å². The normalized spacial score (nSPS) is 14.1. The summed E-state index contributed by atoms with van der Waals surface area (Å²) >= 11 is 0. The fraction of sp³-hybridized carbons (Fsp3) is 0.476. The first-order valence-electron chi connectivity index (χ1n) is 9.96. The maximum atomic E-state index is 13.1. The highest BCUT2D eigenvalue weighted by Gasteiger charge is 2.21. The van der Waals surface area contributed by atoms with E-state index in [-0.39, 0.29) is 5.91 Å². The van der Waals surface area contributed by atoms with Gasteiger partial charge in [-0.3, -0.25) is 4.79 Å². The number of methoxy groups -OCH3 is 1. The molecular weight excluding hydrogens is 354 g/mol. The van der Waals surface area contributed by atoms with Crippen LogP contribution < -0.4 is 5.32 Å². The van der Waals surface area contributed by atoms with Gasteiger partial charge >= 0.3 is 0 Å². The molecule has 1 aromatic carbocycles. The van der Waals surface area contributed by atoms with E-state index < -0.39 is 0 Å². The van der Waals surface area contributed by atoms with E-state index in [1.165, 1.54) is 6.42 Å². The van der Waals surface area contributed by atoms with E-state index in [2.05, 4.69) is 24.6 Å². The Morgan fingerprint density at radius 3 is 2.93 bits per heavy atom. The number of carbonyl (C=O) groups excluding carboxylic acids is 1. The van der Waals surface area contributed by atoms with Gasteiger partial charge in [0, 0.05) is 43.2 Å². The van der Waals surface area contributed by atoms with Gasteiger partial charge in [-0.15, -0.1) is 10.2 Å². The van der Waals surface area contributed by atoms with Crippen molar-refractivity contribution in [3.63, 3.8) is 0 Å². The van der Waals surface area contributed by atoms with Crippen molar-refractivity contribution in [2.24, 2.45) is 0 Å². The first-order chi connectivity index (χ1) is 13.7. The molecule has 0 radical (unpaired) electrons. The molecule has 1 amide bonds. The van der Waals surface area contributed by atoms with Gasteiger partial charge in [-0.1, -0.05) is 24.6 Å². The zero-order valence-corrected chi connectivity index (χ0v) is 16.6. The van der Waals surface area contributed by atoms with E-state index >= 15 is 0 Å². The number of para-hydroxylation sites is 1. The molecule has 7 nitrogen and oxygen atoms in total. The smallest absolute Gasteiger partial charge is 0.254 e. The quantitative estimate of drug-likeness (QED) is 0.713. The zero-order chi connectivity index (χ0) is 19.5. The number of rotatable bonds is 6. The Hall–Kier alpha value is -2.67. The van der Waals surface area contributed by atoms with Gasteiger partial charge in [0.15, 0.2) is 5.82 Å². The average Bonchev–Trinajstić information content (AvgIpc) is 3.11. The molecule has 28 heavy (non-hydrogen) atoms. The monoisotopic (exact) mass is 381 g/mol. The van der Waals surface area contributed by atoms with Crippen molar-refractivity contribution in [2.75, 3.05) is 13.7 Å². The molecule has 1 aliphatic heterocycles. The molecule has 0 unspecified atom stereocenters. The van der Waals surface area contributed by atoms with E-state index in [9.17, 15) is 4.79 Å². The van der Waals surface area contributed by atoms with E-state index in [0.29, 0.717) is 19.7 Å². The summed E-state index contributed by atoms with van der Waals surface area (Å²) in [6, 6.07) is 8.02. The lowest BCUT2D eigenvalue weighted by molar-refractivity contribution is 0.0950. The summed E-state index contributed by atoms with van der Waals surface area (Å²) in [6.07, 6.45) is 4.48. The van der Waals surface area contributed by atoms with Crippen LogP contribution in [0.5, 0.6) is 0 Å². The van der Waals surface area contributed by atoms with Gasteiger partial charge in [0.1, 0.15) is 5.82 Å². The summed E-state index contributed by atoms with van der Waals surface area (Å²) in [6.45, 7) is 4.64. The minimum atomic E-state index is -0.0733. The largest absolute Gasteiger partial charge is 0.383 e. The Bertz CT molecular complexity index is 988. The van der Waals surface area contributed by atoms with Gasteiger partial charge in [0.05, 0.1) is 18.7 Å². The number of hydrogen-bond donors (Lipinski definition) is 1. The lowest BCUT2D eigenvalue weighted by Gasteiger charge is -2.09. The van der Waals surface area contributed by atoms with Gasteiger partial charge in [-0.2, -0.15) is 0 Å². The Morgan fingerprint density at radius 2 is 2.07 bits per heavy atom. The van der Waals surface area contributed by atoms with Crippen molar-refractivity contribution in [3.05, 3.63) is 47.2 Å². The van der Waals surface area contributed by atoms with E-state index in [0.717, 1.165) is 59.6 Å². The molecule has 0 spiro atoms. The Labute approximate surface area is 164 Å². The maximum Gasteiger partial charge on any atom is 0.254 e. The predicted molar refractivity (Wildman–Crippen MR) is 107 cm³/mol. The molecule has 148 valence electrons. The molecule has 3 aromatic rings. The lowest BCUT2D eigenvalue weighted by Crippen LogP contribution is -2.25. The van der Waals surface area contributed by atoms with Gasteiger partial charge in [0.2, 0.25) is 0 Å². The second-order valence-corrected chi connectivity index (χ2v) is 7.30. The van der Waals surface area contributed by atoms with Crippen LogP contribution in [0.3, 0.4) is 0 Å². The zero-order valence-electron chi connectivity index (χ0n) is 16.6. The molecular formula is C21H27N5O2. The standard InChI is InChI=1S/C21H27N5O2/c1-15-20(16-8-5-6-9-17(16)25(15)12-13-28-2)21(27)22-14-19-24-23-18-10-4-3-7-11-26(18)19/h5-6,8-9H,3-4,7,10-14H2,1-2H3,(H,22,27). The number of amides is 1. The summed E-state index contributed by atoms with van der Waals surface area (Å²) < 4.78 is 9.56. The third-order valence-electron chi connectivity index (χ3n) is 5.57. The van der Waals surface area contributed by atoms with E-state index in [4.69, 9.17) is 4.74 Å². The number of benzene rings is 1. The van der Waals surface area contributed by atoms with Crippen LogP contribution >= 0.6 is 0 Å². The number of aromatic nitrogens is 4. The molecule has 4 rings (SSSR count). The van der Waals surface area contributed by atoms with Crippen LogP contribution in [-0.4, -0.2) is 39.0 Å². The van der Waals surface area contributed by atoms with Gasteiger partial charge in [0.25, 0.3) is 5.91 Å². The number of aryl methyl sites for hydroxylation is 1. The summed E-state index contributed by atoms with van der Waals surface area (Å²) in [7, 11) is 1.69. The minimum absolute atomic E-state index is 0.0733. The van der Waals surface area contributed by atoms with Gasteiger partial charge in [-0.25, -0.2) is 0 Å². The minimum Gasteiger partial charge on any atom is -0.383 e. The van der Waals surface area contributed by atoms with E-state index in [1.54, 1.807) is 7.11 Å². The van der Waals surface area contributed by atoms with Crippen molar-refractivity contribution < 1.29 is 9.53 Å². The molecule has 2 aromatic heterocycles. The number of fused-ring (bicyclic) bond motifs is 2. The molecule has 1 aliphatic rings. The van der Waals surface area contributed by atoms with Crippen LogP contribution in [0.2, 0.25) is 0 Å². The Kier molecular flexibility index (Phi) is 5.43. The van der Waals surface area contributed by atoms with Crippen molar-refractivity contribution in [1.29, 1.82) is 0 Å². The fourth-order valence-corrected chi connectivity index (χ4v) is 4.11. The third-order valence-corrected chi connectivity index (χ3v) is 5.57. The molecule has 0 bridgehead atoms. The lowest BCUT2D eigenvalue weighted by atomic mass is 10.1. The van der Waals surface area contributed by atoms with Crippen molar-refractivity contribution in [2.45, 2.75) is 52.2 Å². The Balaban J connectivity index is 1.58. The SMILES string of the molecule is COCCn1c(C)c(C(=O)NCc2nnc3n2CCCCC3)c2ccccc21. The van der Waals surface area contributed by atoms with Crippen molar-refractivity contribution >= 4 is 16.8 Å². The van der Waals surface area contributed by atoms with Crippen LogP contribution in [0, 0.1) is 6.92 Å². The number of carbonyl (C=O) groups is 1. The highest BCUT2D eigenvalue weighted by Crippen LogP contribution is 2.26. The topological polar surface area (TPSA) is 74.0 Å².